The number of ketones is 2. The molecular weight excluding hydrogens is 368 g/mol. The zero-order valence-corrected chi connectivity index (χ0v) is 16.8. The van der Waals surface area contributed by atoms with Crippen molar-refractivity contribution in [3.63, 3.8) is 0 Å². The van der Waals surface area contributed by atoms with E-state index in [1.807, 2.05) is 6.07 Å². The maximum Gasteiger partial charge on any atom is 0.196 e. The van der Waals surface area contributed by atoms with Crippen LogP contribution in [0.3, 0.4) is 0 Å². The molecule has 1 heterocycles. The summed E-state index contributed by atoms with van der Waals surface area (Å²) in [6.45, 7) is 4.47. The summed E-state index contributed by atoms with van der Waals surface area (Å²) in [5.41, 5.74) is 9.85. The molecule has 7 nitrogen and oxygen atoms in total. The normalized spacial score (nSPS) is 16.6. The lowest BCUT2D eigenvalue weighted by Gasteiger charge is -2.36. The molecule has 7 heteroatoms. The number of nitrogens with zero attached hydrogens (tertiary/aromatic N) is 2. The second-order valence-electron chi connectivity index (χ2n) is 7.52. The van der Waals surface area contributed by atoms with E-state index < -0.39 is 0 Å². The molecule has 0 radical (unpaired) electrons. The molecule has 29 heavy (non-hydrogen) atoms. The Kier molecular flexibility index (Phi) is 5.25. The van der Waals surface area contributed by atoms with Gasteiger partial charge < -0.3 is 25.6 Å². The number of methoxy groups -OCH3 is 1. The molecule has 1 fully saturated rings. The zero-order valence-electron chi connectivity index (χ0n) is 16.8. The molecule has 0 atom stereocenters. The van der Waals surface area contributed by atoms with Crippen LogP contribution in [0.4, 0.5) is 17.1 Å². The highest BCUT2D eigenvalue weighted by Crippen LogP contribution is 2.41. The van der Waals surface area contributed by atoms with Crippen molar-refractivity contribution < 1.29 is 14.3 Å². The summed E-state index contributed by atoms with van der Waals surface area (Å²) in [5, 5.41) is 3.28. The monoisotopic (exact) mass is 394 g/mol. The van der Waals surface area contributed by atoms with Gasteiger partial charge in [0.25, 0.3) is 0 Å². The van der Waals surface area contributed by atoms with Crippen LogP contribution in [0, 0.1) is 0 Å². The number of nitrogens with one attached hydrogen (secondary N) is 1. The van der Waals surface area contributed by atoms with Crippen LogP contribution in [-0.2, 0) is 4.74 Å². The molecule has 0 saturated carbocycles. The van der Waals surface area contributed by atoms with E-state index in [0.717, 1.165) is 31.9 Å². The third kappa shape index (κ3) is 3.36. The van der Waals surface area contributed by atoms with Gasteiger partial charge >= 0.3 is 0 Å². The summed E-state index contributed by atoms with van der Waals surface area (Å²) in [5.74, 6) is -0.370. The zero-order chi connectivity index (χ0) is 20.5. The van der Waals surface area contributed by atoms with E-state index in [0.29, 0.717) is 46.8 Å². The van der Waals surface area contributed by atoms with Crippen molar-refractivity contribution in [1.82, 2.24) is 4.90 Å². The molecule has 2 aromatic rings. The molecule has 0 spiro atoms. The second-order valence-corrected chi connectivity index (χ2v) is 7.52. The van der Waals surface area contributed by atoms with Gasteiger partial charge in [-0.3, -0.25) is 9.59 Å². The molecule has 4 rings (SSSR count). The quantitative estimate of drug-likeness (QED) is 0.504. The maximum atomic E-state index is 13.3. The lowest BCUT2D eigenvalue weighted by molar-refractivity contribution is 0.0980. The molecule has 0 unspecified atom stereocenters. The standard InChI is InChI=1S/C22H26N4O3/c1-25-8-10-26(11-9-25)17-13-16(24-7-12-29-2)18-19(20(17)23)22(28)15-6-4-3-5-14(15)21(18)27/h3-6,13,24H,7-12,23H2,1-2H3. The summed E-state index contributed by atoms with van der Waals surface area (Å²) in [4.78, 5) is 31.1. The van der Waals surface area contributed by atoms with Crippen LogP contribution in [-0.4, -0.2) is 70.0 Å². The van der Waals surface area contributed by atoms with Crippen LogP contribution in [0.1, 0.15) is 31.8 Å². The van der Waals surface area contributed by atoms with Crippen molar-refractivity contribution in [3.05, 3.63) is 52.6 Å². The van der Waals surface area contributed by atoms with Crippen LogP contribution in [0.25, 0.3) is 0 Å². The molecule has 0 aromatic heterocycles. The molecule has 1 saturated heterocycles. The van der Waals surface area contributed by atoms with Gasteiger partial charge in [0.15, 0.2) is 11.6 Å². The van der Waals surface area contributed by atoms with Crippen LogP contribution in [0.2, 0.25) is 0 Å². The van der Waals surface area contributed by atoms with Gasteiger partial charge in [-0.1, -0.05) is 24.3 Å². The summed E-state index contributed by atoms with van der Waals surface area (Å²) in [6, 6.07) is 8.84. The van der Waals surface area contributed by atoms with E-state index in [9.17, 15) is 9.59 Å². The van der Waals surface area contributed by atoms with E-state index >= 15 is 0 Å². The van der Waals surface area contributed by atoms with Gasteiger partial charge in [0.05, 0.1) is 29.1 Å². The fourth-order valence-corrected chi connectivity index (χ4v) is 4.04. The summed E-state index contributed by atoms with van der Waals surface area (Å²) >= 11 is 0. The SMILES string of the molecule is COCCNc1cc(N2CCN(C)CC2)c(N)c2c1C(=O)c1ccccc1C2=O. The largest absolute Gasteiger partial charge is 0.396 e. The van der Waals surface area contributed by atoms with Crippen molar-refractivity contribution in [1.29, 1.82) is 0 Å². The molecule has 2 aromatic carbocycles. The number of anilines is 3. The third-order valence-corrected chi connectivity index (χ3v) is 5.68. The molecule has 1 aliphatic carbocycles. The summed E-state index contributed by atoms with van der Waals surface area (Å²) in [7, 11) is 3.71. The molecule has 2 aliphatic rings. The maximum absolute atomic E-state index is 13.3. The Morgan fingerprint density at radius 3 is 2.28 bits per heavy atom. The number of nitrogens with two attached hydrogens (primary N) is 1. The van der Waals surface area contributed by atoms with Gasteiger partial charge in [0, 0.05) is 56.6 Å². The minimum Gasteiger partial charge on any atom is -0.396 e. The fraction of sp³-hybridized carbons (Fsp3) is 0.364. The van der Waals surface area contributed by atoms with E-state index in [-0.39, 0.29) is 11.6 Å². The fourth-order valence-electron chi connectivity index (χ4n) is 4.04. The Morgan fingerprint density at radius 2 is 1.66 bits per heavy atom. The first kappa shape index (κ1) is 19.4. The average Bonchev–Trinajstić information content (AvgIpc) is 2.73. The lowest BCUT2D eigenvalue weighted by atomic mass is 9.81. The highest BCUT2D eigenvalue weighted by Gasteiger charge is 2.35. The Morgan fingerprint density at radius 1 is 1.03 bits per heavy atom. The molecule has 0 amide bonds. The van der Waals surface area contributed by atoms with Crippen molar-refractivity contribution >= 4 is 28.6 Å². The Hall–Kier alpha value is -2.90. The first-order chi connectivity index (χ1) is 14.0. The first-order valence-corrected chi connectivity index (χ1v) is 9.84. The molecular formula is C22H26N4O3. The number of fused-ring (bicyclic) bond motifs is 2. The summed E-state index contributed by atoms with van der Waals surface area (Å²) < 4.78 is 5.14. The van der Waals surface area contributed by atoms with Gasteiger partial charge in [-0.25, -0.2) is 0 Å². The number of carbonyl (C=O) groups excluding carboxylic acids is 2. The van der Waals surface area contributed by atoms with E-state index in [1.165, 1.54) is 0 Å². The number of hydrogen-bond donors (Lipinski definition) is 2. The van der Waals surface area contributed by atoms with Crippen LogP contribution in [0.5, 0.6) is 0 Å². The van der Waals surface area contributed by atoms with Crippen molar-refractivity contribution in [2.75, 3.05) is 69.4 Å². The van der Waals surface area contributed by atoms with Gasteiger partial charge in [0.1, 0.15) is 0 Å². The second kappa shape index (κ2) is 7.85. The molecule has 1 aliphatic heterocycles. The van der Waals surface area contributed by atoms with Crippen LogP contribution in [0.15, 0.2) is 30.3 Å². The predicted octanol–water partition coefficient (Wildman–Crippen LogP) is 1.85. The summed E-state index contributed by atoms with van der Waals surface area (Å²) in [6.07, 6.45) is 0. The Balaban J connectivity index is 1.85. The molecule has 0 bridgehead atoms. The van der Waals surface area contributed by atoms with Gasteiger partial charge in [-0.15, -0.1) is 0 Å². The molecule has 3 N–H and O–H groups in total. The minimum absolute atomic E-state index is 0.174. The Bertz CT molecular complexity index is 965. The Labute approximate surface area is 170 Å². The van der Waals surface area contributed by atoms with Gasteiger partial charge in [0.2, 0.25) is 0 Å². The average molecular weight is 394 g/mol. The van der Waals surface area contributed by atoms with Crippen molar-refractivity contribution in [3.8, 4) is 0 Å². The van der Waals surface area contributed by atoms with E-state index in [1.54, 1.807) is 31.4 Å². The number of nitrogen functional groups attached to an aromatic ring is 1. The number of likely N-dealkylation sites (N-methyl/N-ethyl adjacent to an activating group) is 1. The van der Waals surface area contributed by atoms with E-state index in [2.05, 4.69) is 22.2 Å². The smallest absolute Gasteiger partial charge is 0.196 e. The molecule has 152 valence electrons. The van der Waals surface area contributed by atoms with Gasteiger partial charge in [-0.2, -0.15) is 0 Å². The van der Waals surface area contributed by atoms with Crippen LogP contribution < -0.4 is 16.0 Å². The number of ether oxygens (including phenoxy) is 1. The van der Waals surface area contributed by atoms with Crippen LogP contribution >= 0.6 is 0 Å². The number of piperazine rings is 1. The minimum atomic E-state index is -0.196. The number of benzene rings is 2. The van der Waals surface area contributed by atoms with Crippen molar-refractivity contribution in [2.45, 2.75) is 0 Å². The number of rotatable bonds is 5. The highest BCUT2D eigenvalue weighted by atomic mass is 16.5. The van der Waals surface area contributed by atoms with E-state index in [4.69, 9.17) is 10.5 Å². The first-order valence-electron chi connectivity index (χ1n) is 9.84. The third-order valence-electron chi connectivity index (χ3n) is 5.68. The number of carbonyl (C=O) groups is 2. The van der Waals surface area contributed by atoms with Crippen molar-refractivity contribution in [2.24, 2.45) is 0 Å². The number of hydrogen-bond acceptors (Lipinski definition) is 7. The van der Waals surface area contributed by atoms with Gasteiger partial charge in [-0.05, 0) is 13.1 Å². The highest BCUT2D eigenvalue weighted by molar-refractivity contribution is 6.32. The predicted molar refractivity (Wildman–Crippen MR) is 114 cm³/mol. The topological polar surface area (TPSA) is 87.9 Å². The lowest BCUT2D eigenvalue weighted by Crippen LogP contribution is -2.45.